The third-order valence-electron chi connectivity index (χ3n) is 4.69. The molecule has 7 nitrogen and oxygen atoms in total. The summed E-state index contributed by atoms with van der Waals surface area (Å²) in [6.07, 6.45) is 2.55. The third kappa shape index (κ3) is 5.68. The number of nitrogens with zero attached hydrogens (tertiary/aromatic N) is 1. The molecule has 1 unspecified atom stereocenters. The van der Waals surface area contributed by atoms with Crippen LogP contribution in [-0.4, -0.2) is 52.7 Å². The van der Waals surface area contributed by atoms with Gasteiger partial charge in [0, 0.05) is 11.9 Å². The van der Waals surface area contributed by atoms with Crippen molar-refractivity contribution < 1.29 is 22.7 Å². The van der Waals surface area contributed by atoms with Gasteiger partial charge >= 0.3 is 0 Å². The largest absolute Gasteiger partial charge is 0.493 e. The fourth-order valence-corrected chi connectivity index (χ4v) is 4.48. The number of carbonyl (C=O) groups excluding carboxylic acids is 1. The second-order valence-electron chi connectivity index (χ2n) is 6.58. The summed E-state index contributed by atoms with van der Waals surface area (Å²) >= 11 is 1.53. The molecule has 2 aromatic rings. The minimum absolute atomic E-state index is 0.155. The normalized spacial score (nSPS) is 12.5. The molecule has 0 radical (unpaired) electrons. The predicted molar refractivity (Wildman–Crippen MR) is 119 cm³/mol. The number of carbonyl (C=O) groups is 1. The van der Waals surface area contributed by atoms with Gasteiger partial charge in [0.25, 0.3) is 0 Å². The molecule has 30 heavy (non-hydrogen) atoms. The number of hydrogen-bond donors (Lipinski definition) is 1. The van der Waals surface area contributed by atoms with Crippen molar-refractivity contribution in [1.82, 2.24) is 9.62 Å². The van der Waals surface area contributed by atoms with Crippen molar-refractivity contribution in [3.05, 3.63) is 48.0 Å². The fraction of sp³-hybridized carbons (Fsp3) is 0.381. The smallest absolute Gasteiger partial charge is 0.243 e. The summed E-state index contributed by atoms with van der Waals surface area (Å²) in [6, 6.07) is 11.7. The molecule has 0 spiro atoms. The van der Waals surface area contributed by atoms with Crippen LogP contribution in [-0.2, 0) is 14.8 Å². The number of hydrogen-bond acceptors (Lipinski definition) is 6. The average Bonchev–Trinajstić information content (AvgIpc) is 2.76. The molecule has 0 aliphatic rings. The van der Waals surface area contributed by atoms with E-state index in [1.165, 1.54) is 18.8 Å². The van der Waals surface area contributed by atoms with Crippen molar-refractivity contribution in [3.8, 4) is 11.5 Å². The van der Waals surface area contributed by atoms with Gasteiger partial charge in [-0.1, -0.05) is 13.0 Å². The Labute approximate surface area is 182 Å². The van der Waals surface area contributed by atoms with E-state index >= 15 is 0 Å². The maximum absolute atomic E-state index is 12.8. The molecule has 1 amide bonds. The lowest BCUT2D eigenvalue weighted by atomic mass is 10.0. The highest BCUT2D eigenvalue weighted by Gasteiger charge is 2.24. The van der Waals surface area contributed by atoms with Crippen molar-refractivity contribution in [1.29, 1.82) is 0 Å². The molecule has 0 aliphatic carbocycles. The van der Waals surface area contributed by atoms with Crippen LogP contribution in [0.15, 0.2) is 52.3 Å². The van der Waals surface area contributed by atoms with Gasteiger partial charge in [0.1, 0.15) is 0 Å². The van der Waals surface area contributed by atoms with Crippen LogP contribution in [0, 0.1) is 0 Å². The summed E-state index contributed by atoms with van der Waals surface area (Å²) in [5.41, 5.74) is 0.849. The molecule has 0 aliphatic heterocycles. The van der Waals surface area contributed by atoms with Gasteiger partial charge in [-0.05, 0) is 54.6 Å². The Balaban J connectivity index is 2.10. The molecule has 9 heteroatoms. The van der Waals surface area contributed by atoms with Crippen LogP contribution in [0.2, 0.25) is 0 Å². The highest BCUT2D eigenvalue weighted by atomic mass is 32.2. The van der Waals surface area contributed by atoms with Crippen LogP contribution < -0.4 is 14.8 Å². The minimum atomic E-state index is -3.76. The summed E-state index contributed by atoms with van der Waals surface area (Å²) in [5.74, 6) is 0.778. The molecule has 0 aromatic heterocycles. The summed E-state index contributed by atoms with van der Waals surface area (Å²) in [7, 11) is 0.744. The van der Waals surface area contributed by atoms with E-state index in [1.54, 1.807) is 50.6 Å². The highest BCUT2D eigenvalue weighted by molar-refractivity contribution is 7.98. The summed E-state index contributed by atoms with van der Waals surface area (Å²) in [6.45, 7) is 1.66. The molecule has 1 N–H and O–H groups in total. The fourth-order valence-electron chi connectivity index (χ4n) is 2.95. The molecule has 0 saturated heterocycles. The SMILES string of the molecule is CCC(NC(=O)CN(C)S(=O)(=O)c1ccc(SC)cc1)c1ccc(OC)c(OC)c1. The summed E-state index contributed by atoms with van der Waals surface area (Å²) in [4.78, 5) is 13.7. The van der Waals surface area contributed by atoms with Crippen molar-refractivity contribution >= 4 is 27.7 Å². The van der Waals surface area contributed by atoms with E-state index < -0.39 is 10.0 Å². The zero-order valence-electron chi connectivity index (χ0n) is 17.8. The lowest BCUT2D eigenvalue weighted by Gasteiger charge is -2.22. The number of nitrogens with one attached hydrogen (secondary N) is 1. The van der Waals surface area contributed by atoms with Crippen molar-refractivity contribution in [3.63, 3.8) is 0 Å². The van der Waals surface area contributed by atoms with Crippen molar-refractivity contribution in [2.45, 2.75) is 29.2 Å². The van der Waals surface area contributed by atoms with Gasteiger partial charge in [-0.2, -0.15) is 4.31 Å². The lowest BCUT2D eigenvalue weighted by molar-refractivity contribution is -0.121. The number of sulfonamides is 1. The Morgan fingerprint density at radius 2 is 1.73 bits per heavy atom. The maximum Gasteiger partial charge on any atom is 0.243 e. The van der Waals surface area contributed by atoms with Gasteiger partial charge in [-0.15, -0.1) is 11.8 Å². The van der Waals surface area contributed by atoms with Gasteiger partial charge in [0.15, 0.2) is 11.5 Å². The Kier molecular flexibility index (Phi) is 8.57. The van der Waals surface area contributed by atoms with Crippen LogP contribution in [0.25, 0.3) is 0 Å². The molecular formula is C21H28N2O5S2. The van der Waals surface area contributed by atoms with Gasteiger partial charge in [0.2, 0.25) is 15.9 Å². The Hall–Kier alpha value is -2.23. The van der Waals surface area contributed by atoms with Crippen molar-refractivity contribution in [2.24, 2.45) is 0 Å². The predicted octanol–water partition coefficient (Wildman–Crippen LogP) is 3.31. The molecule has 164 valence electrons. The van der Waals surface area contributed by atoms with E-state index in [0.29, 0.717) is 17.9 Å². The first-order valence-electron chi connectivity index (χ1n) is 9.38. The monoisotopic (exact) mass is 452 g/mol. The number of methoxy groups -OCH3 is 2. The van der Waals surface area contributed by atoms with Crippen LogP contribution >= 0.6 is 11.8 Å². The summed E-state index contributed by atoms with van der Waals surface area (Å²) < 4.78 is 37.1. The zero-order chi connectivity index (χ0) is 22.3. The van der Waals surface area contributed by atoms with Crippen LogP contribution in [0.3, 0.4) is 0 Å². The topological polar surface area (TPSA) is 84.9 Å². The Morgan fingerprint density at radius 1 is 1.10 bits per heavy atom. The second-order valence-corrected chi connectivity index (χ2v) is 9.50. The number of rotatable bonds is 10. The van der Waals surface area contributed by atoms with E-state index in [9.17, 15) is 13.2 Å². The van der Waals surface area contributed by atoms with Crippen LogP contribution in [0.5, 0.6) is 11.5 Å². The van der Waals surface area contributed by atoms with Crippen molar-refractivity contribution in [2.75, 3.05) is 34.1 Å². The second kappa shape index (κ2) is 10.7. The molecule has 0 fully saturated rings. The zero-order valence-corrected chi connectivity index (χ0v) is 19.5. The molecule has 1 atom stereocenters. The molecule has 0 bridgehead atoms. The van der Waals surface area contributed by atoms with Gasteiger partial charge in [-0.3, -0.25) is 4.79 Å². The van der Waals surface area contributed by atoms with E-state index in [1.807, 2.05) is 19.2 Å². The van der Waals surface area contributed by atoms with Gasteiger partial charge in [-0.25, -0.2) is 8.42 Å². The standard InChI is InChI=1S/C21H28N2O5S2/c1-6-18(15-7-12-19(27-3)20(13-15)28-4)22-21(24)14-23(2)30(25,26)17-10-8-16(29-5)9-11-17/h7-13,18H,6,14H2,1-5H3,(H,22,24). The number of amides is 1. The van der Waals surface area contributed by atoms with Crippen LogP contribution in [0.1, 0.15) is 24.9 Å². The Bertz CT molecular complexity index is 962. The van der Waals surface area contributed by atoms with Gasteiger partial charge in [0.05, 0.1) is 31.7 Å². The minimum Gasteiger partial charge on any atom is -0.493 e. The maximum atomic E-state index is 12.8. The quantitative estimate of drug-likeness (QED) is 0.557. The number of benzene rings is 2. The first-order valence-corrected chi connectivity index (χ1v) is 12.0. The lowest BCUT2D eigenvalue weighted by Crippen LogP contribution is -2.39. The van der Waals surface area contributed by atoms with E-state index in [2.05, 4.69) is 5.32 Å². The van der Waals surface area contributed by atoms with E-state index in [0.717, 1.165) is 14.8 Å². The highest BCUT2D eigenvalue weighted by Crippen LogP contribution is 2.31. The Morgan fingerprint density at radius 3 is 2.27 bits per heavy atom. The molecule has 2 rings (SSSR count). The molecule has 2 aromatic carbocycles. The first kappa shape index (κ1) is 24.0. The van der Waals surface area contributed by atoms with E-state index in [4.69, 9.17) is 9.47 Å². The summed E-state index contributed by atoms with van der Waals surface area (Å²) in [5, 5.41) is 2.90. The number of likely N-dealkylation sites (N-methyl/N-ethyl adjacent to an activating group) is 1. The molecule has 0 heterocycles. The molecule has 0 saturated carbocycles. The van der Waals surface area contributed by atoms with Crippen LogP contribution in [0.4, 0.5) is 0 Å². The first-order chi connectivity index (χ1) is 14.3. The molecular weight excluding hydrogens is 424 g/mol. The average molecular weight is 453 g/mol. The van der Waals surface area contributed by atoms with Gasteiger partial charge < -0.3 is 14.8 Å². The third-order valence-corrected chi connectivity index (χ3v) is 7.25. The number of ether oxygens (including phenoxy) is 2. The number of thioether (sulfide) groups is 1. The van der Waals surface area contributed by atoms with E-state index in [-0.39, 0.29) is 23.4 Å².